The van der Waals surface area contributed by atoms with Gasteiger partial charge in [-0.25, -0.2) is 4.68 Å². The van der Waals surface area contributed by atoms with Gasteiger partial charge in [0.25, 0.3) is 5.91 Å². The number of para-hydroxylation sites is 2. The lowest BCUT2D eigenvalue weighted by atomic mass is 10.1. The molecule has 0 unspecified atom stereocenters. The minimum atomic E-state index is -0.0979. The molecule has 0 saturated carbocycles. The third-order valence-corrected chi connectivity index (χ3v) is 5.92. The van der Waals surface area contributed by atoms with Crippen LogP contribution in [-0.2, 0) is 4.79 Å². The van der Waals surface area contributed by atoms with Crippen LogP contribution in [0.15, 0.2) is 76.7 Å². The highest BCUT2D eigenvalue weighted by molar-refractivity contribution is 7.07. The normalized spacial score (nSPS) is 15.0. The number of hydrogen-bond acceptors (Lipinski definition) is 5. The minimum Gasteiger partial charge on any atom is -0.496 e. The zero-order valence-corrected chi connectivity index (χ0v) is 19.3. The number of aromatic nitrogens is 1. The van der Waals surface area contributed by atoms with Crippen LogP contribution in [0.5, 0.6) is 5.75 Å². The van der Waals surface area contributed by atoms with Gasteiger partial charge in [-0.2, -0.15) is 5.10 Å². The van der Waals surface area contributed by atoms with E-state index in [9.17, 15) is 4.79 Å². The van der Waals surface area contributed by atoms with E-state index >= 15 is 0 Å². The van der Waals surface area contributed by atoms with E-state index < -0.39 is 0 Å². The fourth-order valence-electron chi connectivity index (χ4n) is 3.69. The molecular weight excluding hydrogens is 420 g/mol. The molecule has 0 saturated heterocycles. The molecule has 164 valence electrons. The topological polar surface area (TPSA) is 59.2 Å². The summed E-state index contributed by atoms with van der Waals surface area (Å²) < 4.78 is 7.32. The number of nitrogens with zero attached hydrogens (tertiary/aromatic N) is 4. The molecule has 0 radical (unpaired) electrons. The minimum absolute atomic E-state index is 0.0979. The molecule has 1 aromatic heterocycles. The number of ether oxygens (including phenoxy) is 1. The number of thiazole rings is 1. The lowest BCUT2D eigenvalue weighted by Crippen LogP contribution is -2.34. The number of carbonyl (C=O) groups excluding carboxylic acids is 1. The second kappa shape index (κ2) is 9.36. The molecule has 1 aliphatic rings. The summed E-state index contributed by atoms with van der Waals surface area (Å²) in [5.41, 5.74) is 3.83. The lowest BCUT2D eigenvalue weighted by Gasteiger charge is -2.18. The van der Waals surface area contributed by atoms with Crippen molar-refractivity contribution in [2.75, 3.05) is 25.1 Å². The summed E-state index contributed by atoms with van der Waals surface area (Å²) in [6, 6.07) is 15.6. The molecule has 0 atom stereocenters. The molecule has 0 N–H and O–H groups in total. The maximum Gasteiger partial charge on any atom is 0.279 e. The second-order valence-electron chi connectivity index (χ2n) is 7.82. The van der Waals surface area contributed by atoms with Gasteiger partial charge in [-0.1, -0.05) is 50.3 Å². The van der Waals surface area contributed by atoms with Crippen molar-refractivity contribution in [2.24, 2.45) is 16.0 Å². The number of anilines is 1. The number of amides is 1. The smallest absolute Gasteiger partial charge is 0.279 e. The van der Waals surface area contributed by atoms with Crippen LogP contribution in [0, 0.1) is 5.92 Å². The van der Waals surface area contributed by atoms with E-state index in [1.54, 1.807) is 17.9 Å². The van der Waals surface area contributed by atoms with Crippen LogP contribution in [0.2, 0.25) is 0 Å². The van der Waals surface area contributed by atoms with Crippen molar-refractivity contribution < 1.29 is 9.53 Å². The highest BCUT2D eigenvalue weighted by Crippen LogP contribution is 2.32. The maximum absolute atomic E-state index is 13.4. The Hall–Kier alpha value is -3.45. The first-order chi connectivity index (χ1) is 15.5. The molecule has 2 aromatic carbocycles. The molecule has 0 aliphatic carbocycles. The quantitative estimate of drug-likeness (QED) is 0.499. The second-order valence-corrected chi connectivity index (χ2v) is 8.66. The van der Waals surface area contributed by atoms with Crippen molar-refractivity contribution in [1.29, 1.82) is 0 Å². The van der Waals surface area contributed by atoms with Crippen molar-refractivity contribution >= 4 is 28.6 Å². The van der Waals surface area contributed by atoms with Crippen molar-refractivity contribution in [3.05, 3.63) is 76.9 Å². The standard InChI is InChI=1S/C25H26N4O2S/c1-5-14-26-25-29(21(16-32-25)18-10-7-9-13-22(18)31-4)27-23-19-11-6-8-12-20(19)28(24(23)30)15-17(2)3/h5-13,16-17H,1,14-15H2,2-4H3. The third-order valence-electron chi connectivity index (χ3n) is 5.07. The number of hydrogen-bond donors (Lipinski definition) is 0. The zero-order valence-electron chi connectivity index (χ0n) is 18.5. The fourth-order valence-corrected chi connectivity index (χ4v) is 4.53. The molecule has 4 rings (SSSR count). The van der Waals surface area contributed by atoms with Gasteiger partial charge in [0.15, 0.2) is 5.71 Å². The van der Waals surface area contributed by atoms with Gasteiger partial charge in [-0.05, 0) is 24.1 Å². The number of rotatable bonds is 7. The molecule has 0 spiro atoms. The predicted molar refractivity (Wildman–Crippen MR) is 130 cm³/mol. The number of methoxy groups -OCH3 is 1. The van der Waals surface area contributed by atoms with Crippen LogP contribution in [-0.4, -0.2) is 36.5 Å². The first-order valence-corrected chi connectivity index (χ1v) is 11.4. The average Bonchev–Trinajstić information content (AvgIpc) is 3.31. The fraction of sp³-hybridized carbons (Fsp3) is 0.240. The molecule has 1 amide bonds. The Labute approximate surface area is 191 Å². The van der Waals surface area contributed by atoms with E-state index in [1.165, 1.54) is 11.3 Å². The average molecular weight is 447 g/mol. The van der Waals surface area contributed by atoms with Gasteiger partial charge in [0.2, 0.25) is 4.80 Å². The molecule has 3 aromatic rings. The summed E-state index contributed by atoms with van der Waals surface area (Å²) in [6.07, 6.45) is 1.74. The summed E-state index contributed by atoms with van der Waals surface area (Å²) in [4.78, 5) is 20.5. The number of carbonyl (C=O) groups is 1. The van der Waals surface area contributed by atoms with Gasteiger partial charge in [0, 0.05) is 23.1 Å². The Kier molecular flexibility index (Phi) is 6.37. The molecule has 6 nitrogen and oxygen atoms in total. The van der Waals surface area contributed by atoms with Gasteiger partial charge in [-0.15, -0.1) is 17.9 Å². The number of fused-ring (bicyclic) bond motifs is 1. The Morgan fingerprint density at radius 3 is 2.56 bits per heavy atom. The summed E-state index contributed by atoms with van der Waals surface area (Å²) in [6.45, 7) is 9.06. The van der Waals surface area contributed by atoms with Gasteiger partial charge >= 0.3 is 0 Å². The Bertz CT molecular complexity index is 1250. The van der Waals surface area contributed by atoms with E-state index in [0.29, 0.717) is 29.5 Å². The van der Waals surface area contributed by atoms with E-state index in [-0.39, 0.29) is 5.91 Å². The van der Waals surface area contributed by atoms with Gasteiger partial charge < -0.3 is 9.64 Å². The molecular formula is C25H26N4O2S. The lowest BCUT2D eigenvalue weighted by molar-refractivity contribution is -0.112. The van der Waals surface area contributed by atoms with Crippen molar-refractivity contribution in [3.63, 3.8) is 0 Å². The van der Waals surface area contributed by atoms with E-state index in [1.807, 2.05) is 58.8 Å². The van der Waals surface area contributed by atoms with Gasteiger partial charge in [0.05, 0.1) is 25.0 Å². The van der Waals surface area contributed by atoms with Crippen LogP contribution < -0.4 is 14.4 Å². The molecule has 0 fully saturated rings. The van der Waals surface area contributed by atoms with E-state index in [4.69, 9.17) is 9.84 Å². The van der Waals surface area contributed by atoms with Crippen LogP contribution in [0.1, 0.15) is 19.4 Å². The highest BCUT2D eigenvalue weighted by Gasteiger charge is 2.34. The summed E-state index contributed by atoms with van der Waals surface area (Å²) in [7, 11) is 1.64. The predicted octanol–water partition coefficient (Wildman–Crippen LogP) is 4.57. The highest BCUT2D eigenvalue weighted by atomic mass is 32.1. The summed E-state index contributed by atoms with van der Waals surface area (Å²) >= 11 is 1.47. The van der Waals surface area contributed by atoms with Crippen LogP contribution in [0.25, 0.3) is 11.3 Å². The Morgan fingerprint density at radius 1 is 1.12 bits per heavy atom. The molecule has 7 heteroatoms. The summed E-state index contributed by atoms with van der Waals surface area (Å²) in [5.74, 6) is 0.968. The Morgan fingerprint density at radius 2 is 1.84 bits per heavy atom. The van der Waals surface area contributed by atoms with E-state index in [0.717, 1.165) is 28.3 Å². The van der Waals surface area contributed by atoms with Crippen molar-refractivity contribution in [3.8, 4) is 17.0 Å². The number of benzene rings is 2. The molecule has 1 aliphatic heterocycles. The SMILES string of the molecule is C=CCN=c1scc(-c2ccccc2OC)n1N=C1C(=O)N(CC(C)C)c2ccccc21. The maximum atomic E-state index is 13.4. The largest absolute Gasteiger partial charge is 0.496 e. The molecule has 0 bridgehead atoms. The van der Waals surface area contributed by atoms with Crippen LogP contribution >= 0.6 is 11.3 Å². The first-order valence-electron chi connectivity index (χ1n) is 10.5. The van der Waals surface area contributed by atoms with E-state index in [2.05, 4.69) is 25.4 Å². The third kappa shape index (κ3) is 4.03. The summed E-state index contributed by atoms with van der Waals surface area (Å²) in [5, 5.41) is 6.86. The molecule has 2 heterocycles. The van der Waals surface area contributed by atoms with Crippen LogP contribution in [0.4, 0.5) is 5.69 Å². The van der Waals surface area contributed by atoms with Gasteiger partial charge in [0.1, 0.15) is 5.75 Å². The molecule has 32 heavy (non-hydrogen) atoms. The monoisotopic (exact) mass is 446 g/mol. The zero-order chi connectivity index (χ0) is 22.7. The van der Waals surface area contributed by atoms with Gasteiger partial charge in [-0.3, -0.25) is 9.79 Å². The Balaban J connectivity index is 1.93. The van der Waals surface area contributed by atoms with Crippen LogP contribution in [0.3, 0.4) is 0 Å². The van der Waals surface area contributed by atoms with Crippen molar-refractivity contribution in [2.45, 2.75) is 13.8 Å². The first kappa shape index (κ1) is 21.8. The van der Waals surface area contributed by atoms with Crippen molar-refractivity contribution in [1.82, 2.24) is 4.68 Å².